The molecule has 2 heterocycles. The number of fused-ring (bicyclic) bond motifs is 3. The molecule has 0 fully saturated rings. The Kier molecular flexibility index (Phi) is 8.24. The largest absolute Gasteiger partial charge is 0.493 e. The molecule has 12 heteroatoms. The molecule has 10 nitrogen and oxygen atoms in total. The van der Waals surface area contributed by atoms with E-state index < -0.39 is 21.9 Å². The summed E-state index contributed by atoms with van der Waals surface area (Å²) in [5.41, 5.74) is 9.70. The lowest BCUT2D eigenvalue weighted by Crippen LogP contribution is -2.40. The Hall–Kier alpha value is -3.93. The number of ether oxygens (including phenoxy) is 1. The average molecular weight is 557 g/mol. The minimum atomic E-state index is -4.10. The van der Waals surface area contributed by atoms with E-state index in [2.05, 4.69) is 47.5 Å². The van der Waals surface area contributed by atoms with Crippen LogP contribution in [0.2, 0.25) is 0 Å². The highest BCUT2D eigenvalue weighted by molar-refractivity contribution is 7.90. The minimum absolute atomic E-state index is 0.176. The van der Waals surface area contributed by atoms with Crippen LogP contribution in [0.15, 0.2) is 47.6 Å². The first-order valence-corrected chi connectivity index (χ1v) is 14.2. The third-order valence-corrected chi connectivity index (χ3v) is 7.44. The summed E-state index contributed by atoms with van der Waals surface area (Å²) in [5, 5.41) is 3.49. The van der Waals surface area contributed by atoms with Gasteiger partial charge in [-0.15, -0.1) is 0 Å². The summed E-state index contributed by atoms with van der Waals surface area (Å²) in [4.78, 5) is 21.0. The summed E-state index contributed by atoms with van der Waals surface area (Å²) in [6, 6.07) is 7.14. The van der Waals surface area contributed by atoms with Gasteiger partial charge in [-0.2, -0.15) is 0 Å². The van der Waals surface area contributed by atoms with E-state index in [9.17, 15) is 17.6 Å². The maximum absolute atomic E-state index is 13.0. The molecule has 2 amide bonds. The van der Waals surface area contributed by atoms with Gasteiger partial charge in [0.2, 0.25) is 0 Å². The van der Waals surface area contributed by atoms with Crippen molar-refractivity contribution in [3.63, 3.8) is 0 Å². The number of imidazole rings is 1. The molecule has 4 N–H and O–H groups in total. The van der Waals surface area contributed by atoms with Gasteiger partial charge in [-0.05, 0) is 54.2 Å². The average Bonchev–Trinajstić information content (AvgIpc) is 3.26. The van der Waals surface area contributed by atoms with E-state index in [1.807, 2.05) is 23.2 Å². The molecule has 0 aliphatic heterocycles. The number of nitrogens with two attached hydrogens (primary N) is 1. The van der Waals surface area contributed by atoms with E-state index in [-0.39, 0.29) is 24.0 Å². The zero-order valence-corrected chi connectivity index (χ0v) is 23.2. The van der Waals surface area contributed by atoms with Gasteiger partial charge in [0.15, 0.2) is 5.82 Å². The van der Waals surface area contributed by atoms with Crippen LogP contribution < -0.4 is 20.5 Å². The van der Waals surface area contributed by atoms with Crippen molar-refractivity contribution in [3.05, 3.63) is 54.1 Å². The van der Waals surface area contributed by atoms with E-state index >= 15 is 0 Å². The van der Waals surface area contributed by atoms with Crippen molar-refractivity contribution in [1.82, 2.24) is 24.6 Å². The highest BCUT2D eigenvalue weighted by Crippen LogP contribution is 2.36. The lowest BCUT2D eigenvalue weighted by Gasteiger charge is -2.17. The van der Waals surface area contributed by atoms with Crippen LogP contribution in [0.5, 0.6) is 5.75 Å². The van der Waals surface area contributed by atoms with Crippen LogP contribution in [0.1, 0.15) is 45.6 Å². The Bertz CT molecular complexity index is 1600. The van der Waals surface area contributed by atoms with Gasteiger partial charge in [0, 0.05) is 24.5 Å². The van der Waals surface area contributed by atoms with Gasteiger partial charge in [-0.3, -0.25) is 0 Å². The second-order valence-corrected chi connectivity index (χ2v) is 11.7. The zero-order chi connectivity index (χ0) is 28.3. The molecule has 0 bridgehead atoms. The van der Waals surface area contributed by atoms with Crippen molar-refractivity contribution in [2.45, 2.75) is 51.5 Å². The molecule has 0 aliphatic carbocycles. The molecule has 0 aliphatic rings. The summed E-state index contributed by atoms with van der Waals surface area (Å²) in [5.74, 6) is 1.01. The minimum Gasteiger partial charge on any atom is -0.493 e. The number of aromatic nitrogens is 3. The third-order valence-electron chi connectivity index (χ3n) is 6.09. The quantitative estimate of drug-likeness (QED) is 0.244. The van der Waals surface area contributed by atoms with Crippen LogP contribution in [-0.2, 0) is 16.6 Å². The molecule has 2 aromatic carbocycles. The molecule has 0 radical (unpaired) electrons. The standard InChI is InChI=1S/C27H33FN6O4S/c1-16(2)14-34-15-31-24-25(34)23-21(17(3)4)12-19(13-22(23)32-26(24)29)38-11-5-10-30-27(35)33-39(36,37)20-8-6-18(28)7-9-20/h6-9,12-13,15-17H,5,10-11,14H2,1-4H3,(H2,29,32)(H2,30,33,35). The van der Waals surface area contributed by atoms with Crippen molar-refractivity contribution < 1.29 is 22.3 Å². The van der Waals surface area contributed by atoms with Crippen LogP contribution in [-0.4, -0.2) is 42.1 Å². The lowest BCUT2D eigenvalue weighted by molar-refractivity contribution is 0.244. The number of hydrogen-bond acceptors (Lipinski definition) is 7. The molecular weight excluding hydrogens is 523 g/mol. The van der Waals surface area contributed by atoms with E-state index in [1.165, 1.54) is 0 Å². The number of urea groups is 1. The number of carbonyl (C=O) groups excluding carboxylic acids is 1. The third kappa shape index (κ3) is 6.39. The van der Waals surface area contributed by atoms with Crippen LogP contribution >= 0.6 is 0 Å². The van der Waals surface area contributed by atoms with Crippen LogP contribution in [0.3, 0.4) is 0 Å². The van der Waals surface area contributed by atoms with Gasteiger partial charge in [-0.1, -0.05) is 27.7 Å². The Morgan fingerprint density at radius 1 is 1.15 bits per heavy atom. The van der Waals surface area contributed by atoms with Crippen molar-refractivity contribution >= 4 is 43.8 Å². The summed E-state index contributed by atoms with van der Waals surface area (Å²) in [6.45, 7) is 9.76. The van der Waals surface area contributed by atoms with Gasteiger partial charge in [0.05, 0.1) is 28.9 Å². The zero-order valence-electron chi connectivity index (χ0n) is 22.4. The molecule has 4 aromatic rings. The molecule has 208 valence electrons. The van der Waals surface area contributed by atoms with Crippen molar-refractivity contribution in [3.8, 4) is 5.75 Å². The molecule has 0 unspecified atom stereocenters. The first-order valence-electron chi connectivity index (χ1n) is 12.7. The number of amides is 2. The van der Waals surface area contributed by atoms with E-state index in [1.54, 1.807) is 0 Å². The van der Waals surface area contributed by atoms with Crippen molar-refractivity contribution in [2.24, 2.45) is 5.92 Å². The first kappa shape index (κ1) is 28.1. The summed E-state index contributed by atoms with van der Waals surface area (Å²) in [6.07, 6.45) is 2.24. The fraction of sp³-hybridized carbons (Fsp3) is 0.370. The number of rotatable bonds is 10. The van der Waals surface area contributed by atoms with Gasteiger partial charge in [0.25, 0.3) is 10.0 Å². The van der Waals surface area contributed by atoms with E-state index in [0.717, 1.165) is 52.8 Å². The monoisotopic (exact) mass is 556 g/mol. The number of nitrogens with one attached hydrogen (secondary N) is 2. The molecule has 0 saturated carbocycles. The normalized spacial score (nSPS) is 12.0. The number of carbonyl (C=O) groups is 1. The number of benzene rings is 2. The first-order chi connectivity index (χ1) is 18.5. The highest BCUT2D eigenvalue weighted by Gasteiger charge is 2.19. The van der Waals surface area contributed by atoms with Crippen LogP contribution in [0.4, 0.5) is 15.0 Å². The lowest BCUT2D eigenvalue weighted by atomic mass is 9.96. The van der Waals surface area contributed by atoms with Crippen molar-refractivity contribution in [1.29, 1.82) is 0 Å². The topological polar surface area (TPSA) is 141 Å². The van der Waals surface area contributed by atoms with Crippen LogP contribution in [0, 0.1) is 11.7 Å². The summed E-state index contributed by atoms with van der Waals surface area (Å²) in [7, 11) is -4.10. The number of halogens is 1. The Balaban J connectivity index is 1.43. The second kappa shape index (κ2) is 11.4. The SMILES string of the molecule is CC(C)Cn1cnc2c(N)nc3cc(OCCCNC(=O)NS(=O)(=O)c4ccc(F)cc4)cc(C(C)C)c3c21. The fourth-order valence-electron chi connectivity index (χ4n) is 4.35. The fourth-order valence-corrected chi connectivity index (χ4v) is 5.28. The van der Waals surface area contributed by atoms with E-state index in [0.29, 0.717) is 29.4 Å². The van der Waals surface area contributed by atoms with Gasteiger partial charge in [0.1, 0.15) is 17.1 Å². The smallest absolute Gasteiger partial charge is 0.328 e. The van der Waals surface area contributed by atoms with Crippen LogP contribution in [0.25, 0.3) is 21.9 Å². The predicted octanol–water partition coefficient (Wildman–Crippen LogP) is 4.54. The molecule has 0 saturated heterocycles. The number of anilines is 1. The summed E-state index contributed by atoms with van der Waals surface area (Å²) < 4.78 is 47.5. The number of sulfonamides is 1. The maximum Gasteiger partial charge on any atom is 0.328 e. The maximum atomic E-state index is 13.0. The van der Waals surface area contributed by atoms with E-state index in [4.69, 9.17) is 10.5 Å². The Labute approximate surface area is 226 Å². The Morgan fingerprint density at radius 2 is 1.87 bits per heavy atom. The number of nitrogens with zero attached hydrogens (tertiary/aromatic N) is 3. The number of pyridine rings is 1. The molecular formula is C27H33FN6O4S. The predicted molar refractivity (Wildman–Crippen MR) is 149 cm³/mol. The number of nitrogen functional groups attached to an aromatic ring is 1. The van der Waals surface area contributed by atoms with Gasteiger partial charge >= 0.3 is 6.03 Å². The molecule has 4 rings (SSSR count). The molecule has 39 heavy (non-hydrogen) atoms. The molecule has 0 spiro atoms. The van der Waals surface area contributed by atoms with Gasteiger partial charge in [-0.25, -0.2) is 32.3 Å². The summed E-state index contributed by atoms with van der Waals surface area (Å²) >= 11 is 0. The highest BCUT2D eigenvalue weighted by atomic mass is 32.2. The number of hydrogen-bond donors (Lipinski definition) is 3. The van der Waals surface area contributed by atoms with Crippen molar-refractivity contribution in [2.75, 3.05) is 18.9 Å². The Morgan fingerprint density at radius 3 is 2.54 bits per heavy atom. The second-order valence-electron chi connectivity index (χ2n) is 10.1. The molecule has 2 aromatic heterocycles. The molecule has 0 atom stereocenters. The van der Waals surface area contributed by atoms with Gasteiger partial charge < -0.3 is 20.4 Å².